The summed E-state index contributed by atoms with van der Waals surface area (Å²) in [6.45, 7) is 6.94. The van der Waals surface area contributed by atoms with Crippen LogP contribution in [0.15, 0.2) is 59.5 Å². The first kappa shape index (κ1) is 21.1. The smallest absolute Gasteiger partial charge is 0.259 e. The van der Waals surface area contributed by atoms with Crippen molar-refractivity contribution in [1.29, 1.82) is 0 Å². The van der Waals surface area contributed by atoms with Crippen LogP contribution in [0.1, 0.15) is 29.8 Å². The zero-order valence-corrected chi connectivity index (χ0v) is 17.8. The van der Waals surface area contributed by atoms with Gasteiger partial charge < -0.3 is 14.6 Å². The molecule has 1 saturated heterocycles. The second-order valence-electron chi connectivity index (χ2n) is 7.80. The third-order valence-corrected chi connectivity index (χ3v) is 5.93. The molecule has 7 heteroatoms. The number of hydrogen-bond donors (Lipinski definition) is 1. The quantitative estimate of drug-likeness (QED) is 0.684. The van der Waals surface area contributed by atoms with Gasteiger partial charge in [-0.1, -0.05) is 18.2 Å². The number of benzene rings is 1. The standard InChI is InChI=1S/C24H27FN4O2/c1-3-29-17(2)15-20(30)22(24(29)31)23(18-7-6-8-19(25)16-18)28-13-11-27(12-14-28)21-9-4-5-10-26-21/h4-10,15-16,23,30H,3,11-14H2,1-2H3. The highest BCUT2D eigenvalue weighted by atomic mass is 19.1. The highest BCUT2D eigenvalue weighted by Crippen LogP contribution is 2.34. The molecule has 2 aromatic heterocycles. The summed E-state index contributed by atoms with van der Waals surface area (Å²) >= 11 is 0. The average Bonchev–Trinajstić information content (AvgIpc) is 2.77. The topological polar surface area (TPSA) is 61.6 Å². The number of nitrogens with zero attached hydrogens (tertiary/aromatic N) is 4. The van der Waals surface area contributed by atoms with E-state index in [1.165, 1.54) is 12.1 Å². The van der Waals surface area contributed by atoms with Crippen LogP contribution in [0.3, 0.4) is 0 Å². The fraction of sp³-hybridized carbons (Fsp3) is 0.333. The number of rotatable bonds is 5. The lowest BCUT2D eigenvalue weighted by Gasteiger charge is -2.40. The molecule has 1 aliphatic rings. The largest absolute Gasteiger partial charge is 0.507 e. The van der Waals surface area contributed by atoms with E-state index in [1.807, 2.05) is 31.2 Å². The normalized spacial score (nSPS) is 15.8. The summed E-state index contributed by atoms with van der Waals surface area (Å²) in [5, 5.41) is 10.8. The van der Waals surface area contributed by atoms with Crippen molar-refractivity contribution in [2.75, 3.05) is 31.1 Å². The average molecular weight is 423 g/mol. The number of aromatic hydroxyl groups is 1. The van der Waals surface area contributed by atoms with Gasteiger partial charge in [-0.2, -0.15) is 0 Å². The zero-order valence-electron chi connectivity index (χ0n) is 17.8. The molecule has 4 rings (SSSR count). The highest BCUT2D eigenvalue weighted by molar-refractivity contribution is 5.42. The molecular formula is C24H27FN4O2. The van der Waals surface area contributed by atoms with E-state index >= 15 is 0 Å². The van der Waals surface area contributed by atoms with Crippen molar-refractivity contribution in [1.82, 2.24) is 14.5 Å². The Hall–Kier alpha value is -3.19. The molecule has 31 heavy (non-hydrogen) atoms. The molecule has 1 N–H and O–H groups in total. The zero-order chi connectivity index (χ0) is 22.0. The van der Waals surface area contributed by atoms with Gasteiger partial charge in [0.05, 0.1) is 11.6 Å². The maximum Gasteiger partial charge on any atom is 0.259 e. The molecule has 0 spiro atoms. The molecule has 0 bridgehead atoms. The summed E-state index contributed by atoms with van der Waals surface area (Å²) in [5.41, 5.74) is 1.42. The molecule has 3 heterocycles. The molecular weight excluding hydrogens is 395 g/mol. The fourth-order valence-electron chi connectivity index (χ4n) is 4.41. The highest BCUT2D eigenvalue weighted by Gasteiger charge is 2.31. The Labute approximate surface area is 181 Å². The number of aryl methyl sites for hydroxylation is 1. The van der Waals surface area contributed by atoms with Crippen LogP contribution in [-0.4, -0.2) is 45.7 Å². The Balaban J connectivity index is 1.73. The minimum atomic E-state index is -0.535. The van der Waals surface area contributed by atoms with Crippen LogP contribution in [0.25, 0.3) is 0 Å². The number of hydrogen-bond acceptors (Lipinski definition) is 5. The minimum Gasteiger partial charge on any atom is -0.507 e. The Morgan fingerprint density at radius 1 is 1.10 bits per heavy atom. The minimum absolute atomic E-state index is 0.0476. The molecule has 0 saturated carbocycles. The van der Waals surface area contributed by atoms with Crippen LogP contribution in [0.5, 0.6) is 5.75 Å². The fourth-order valence-corrected chi connectivity index (χ4v) is 4.41. The Kier molecular flexibility index (Phi) is 6.04. The van der Waals surface area contributed by atoms with E-state index in [-0.39, 0.29) is 17.1 Å². The number of aromatic nitrogens is 2. The Morgan fingerprint density at radius 2 is 1.87 bits per heavy atom. The van der Waals surface area contributed by atoms with Crippen molar-refractivity contribution in [3.05, 3.63) is 87.7 Å². The van der Waals surface area contributed by atoms with Crippen LogP contribution in [0.4, 0.5) is 10.2 Å². The van der Waals surface area contributed by atoms with Gasteiger partial charge in [-0.3, -0.25) is 9.69 Å². The molecule has 0 aliphatic carbocycles. The van der Waals surface area contributed by atoms with Gasteiger partial charge in [0, 0.05) is 44.6 Å². The van der Waals surface area contributed by atoms with E-state index < -0.39 is 6.04 Å². The molecule has 0 amide bonds. The van der Waals surface area contributed by atoms with Crippen LogP contribution in [0, 0.1) is 12.7 Å². The third-order valence-electron chi connectivity index (χ3n) is 5.93. The van der Waals surface area contributed by atoms with Crippen molar-refractivity contribution in [2.24, 2.45) is 0 Å². The second-order valence-corrected chi connectivity index (χ2v) is 7.80. The number of piperazine rings is 1. The van der Waals surface area contributed by atoms with Gasteiger partial charge in [-0.15, -0.1) is 0 Å². The summed E-state index contributed by atoms with van der Waals surface area (Å²) < 4.78 is 15.8. The van der Waals surface area contributed by atoms with Crippen molar-refractivity contribution in [2.45, 2.75) is 26.4 Å². The molecule has 0 radical (unpaired) electrons. The van der Waals surface area contributed by atoms with E-state index in [1.54, 1.807) is 29.8 Å². The summed E-state index contributed by atoms with van der Waals surface area (Å²) in [6.07, 6.45) is 1.77. The molecule has 1 aliphatic heterocycles. The van der Waals surface area contributed by atoms with E-state index in [0.717, 1.165) is 18.9 Å². The molecule has 1 atom stereocenters. The SMILES string of the molecule is CCn1c(C)cc(O)c(C(c2cccc(F)c2)N2CCN(c3ccccn3)CC2)c1=O. The van der Waals surface area contributed by atoms with Gasteiger partial charge in [0.2, 0.25) is 0 Å². The van der Waals surface area contributed by atoms with Crippen molar-refractivity contribution in [3.8, 4) is 5.75 Å². The van der Waals surface area contributed by atoms with E-state index in [4.69, 9.17) is 0 Å². The van der Waals surface area contributed by atoms with E-state index in [2.05, 4.69) is 14.8 Å². The summed E-state index contributed by atoms with van der Waals surface area (Å²) in [4.78, 5) is 22.1. The van der Waals surface area contributed by atoms with E-state index in [0.29, 0.717) is 36.5 Å². The lowest BCUT2D eigenvalue weighted by atomic mass is 9.96. The van der Waals surface area contributed by atoms with Crippen molar-refractivity contribution < 1.29 is 9.50 Å². The van der Waals surface area contributed by atoms with Gasteiger partial charge in [-0.05, 0) is 49.7 Å². The molecule has 6 nitrogen and oxygen atoms in total. The predicted octanol–water partition coefficient (Wildman–Crippen LogP) is 3.33. The van der Waals surface area contributed by atoms with Crippen LogP contribution in [-0.2, 0) is 6.54 Å². The van der Waals surface area contributed by atoms with E-state index in [9.17, 15) is 14.3 Å². The van der Waals surface area contributed by atoms with Crippen LogP contribution < -0.4 is 10.5 Å². The third kappa shape index (κ3) is 4.18. The van der Waals surface area contributed by atoms with Crippen LogP contribution >= 0.6 is 0 Å². The first-order chi connectivity index (χ1) is 15.0. The number of anilines is 1. The maximum absolute atomic E-state index is 14.1. The monoisotopic (exact) mass is 422 g/mol. The number of pyridine rings is 2. The predicted molar refractivity (Wildman–Crippen MR) is 119 cm³/mol. The summed E-state index contributed by atoms with van der Waals surface area (Å²) in [5.74, 6) is 0.502. The van der Waals surface area contributed by atoms with Gasteiger partial charge >= 0.3 is 0 Å². The van der Waals surface area contributed by atoms with Crippen molar-refractivity contribution in [3.63, 3.8) is 0 Å². The molecule has 3 aromatic rings. The maximum atomic E-state index is 14.1. The summed E-state index contributed by atoms with van der Waals surface area (Å²) in [6, 6.07) is 13.2. The second kappa shape index (κ2) is 8.89. The number of halogens is 1. The first-order valence-corrected chi connectivity index (χ1v) is 10.6. The lowest BCUT2D eigenvalue weighted by molar-refractivity contribution is 0.206. The lowest BCUT2D eigenvalue weighted by Crippen LogP contribution is -2.49. The van der Waals surface area contributed by atoms with Crippen LogP contribution in [0.2, 0.25) is 0 Å². The van der Waals surface area contributed by atoms with Crippen molar-refractivity contribution >= 4 is 5.82 Å². The first-order valence-electron chi connectivity index (χ1n) is 10.6. The Bertz CT molecular complexity index is 1110. The Morgan fingerprint density at radius 3 is 2.52 bits per heavy atom. The molecule has 162 valence electrons. The van der Waals surface area contributed by atoms with Gasteiger partial charge in [-0.25, -0.2) is 9.37 Å². The van der Waals surface area contributed by atoms with Gasteiger partial charge in [0.15, 0.2) is 0 Å². The van der Waals surface area contributed by atoms with Gasteiger partial charge in [0.25, 0.3) is 5.56 Å². The molecule has 1 unspecified atom stereocenters. The molecule has 1 aromatic carbocycles. The summed E-state index contributed by atoms with van der Waals surface area (Å²) in [7, 11) is 0. The molecule has 1 fully saturated rings. The van der Waals surface area contributed by atoms with Gasteiger partial charge in [0.1, 0.15) is 17.4 Å².